The molecule has 0 amide bonds. The molecular formula is C15H18O8. The lowest BCUT2D eigenvalue weighted by atomic mass is 9.72. The van der Waals surface area contributed by atoms with Crippen LogP contribution in [0.3, 0.4) is 0 Å². The number of ketones is 1. The van der Waals surface area contributed by atoms with E-state index in [9.17, 15) is 29.7 Å². The van der Waals surface area contributed by atoms with Gasteiger partial charge in [-0.05, 0) is 38.3 Å². The van der Waals surface area contributed by atoms with Crippen molar-refractivity contribution in [3.05, 3.63) is 11.6 Å². The minimum absolute atomic E-state index is 0.0502. The third kappa shape index (κ3) is 1.98. The van der Waals surface area contributed by atoms with Gasteiger partial charge in [0, 0.05) is 0 Å². The predicted molar refractivity (Wildman–Crippen MR) is 73.2 cm³/mol. The summed E-state index contributed by atoms with van der Waals surface area (Å²) in [4.78, 5) is 36.0. The molecule has 23 heavy (non-hydrogen) atoms. The van der Waals surface area contributed by atoms with Gasteiger partial charge in [0.15, 0.2) is 23.1 Å². The molecule has 0 aromatic carbocycles. The molecule has 0 aliphatic carbocycles. The molecule has 3 N–H and O–H groups in total. The van der Waals surface area contributed by atoms with Crippen molar-refractivity contribution >= 4 is 17.7 Å². The zero-order valence-electron chi connectivity index (χ0n) is 12.7. The molecule has 0 aromatic heterocycles. The van der Waals surface area contributed by atoms with Crippen LogP contribution in [0.5, 0.6) is 0 Å². The molecule has 3 heterocycles. The van der Waals surface area contributed by atoms with Gasteiger partial charge in [-0.25, -0.2) is 4.79 Å². The standard InChI is InChI=1S/C15H18O8/c1-6-5-9(16)15(21,7(2)12(17)18)11-10-14(20,13(19)23-11)4-3-8(6)22-10/h5,7-8,10-11,20-21H,3-4H2,1-2H3,(H,17,18)/b6-5-/t7-,8-,10-,11-,14+,15-/m1/s1. The Hall–Kier alpha value is -1.77. The SMILES string of the molecule is C/C1=C/C(=O)[C@](O)([C@H](C)C(=O)O)[C@@H]2OC(=O)[C@]3(O)CC[C@H]1O[C@H]23. The largest absolute Gasteiger partial charge is 0.481 e. The Morgan fingerprint density at radius 3 is 2.61 bits per heavy atom. The second-order valence-corrected chi connectivity index (χ2v) is 6.47. The minimum Gasteiger partial charge on any atom is -0.481 e. The fraction of sp³-hybridized carbons (Fsp3) is 0.667. The van der Waals surface area contributed by atoms with Crippen LogP contribution in [0.4, 0.5) is 0 Å². The molecule has 0 unspecified atom stereocenters. The maximum atomic E-state index is 12.6. The number of carboxylic acids is 1. The number of ether oxygens (including phenoxy) is 2. The van der Waals surface area contributed by atoms with Gasteiger partial charge in [-0.1, -0.05) is 0 Å². The first-order valence-corrected chi connectivity index (χ1v) is 7.39. The Morgan fingerprint density at radius 2 is 2.00 bits per heavy atom. The summed E-state index contributed by atoms with van der Waals surface area (Å²) in [5.74, 6) is -4.85. The number of carboxylic acid groups (broad SMARTS) is 1. The first kappa shape index (κ1) is 16.1. The van der Waals surface area contributed by atoms with Crippen LogP contribution in [-0.4, -0.2) is 62.6 Å². The topological polar surface area (TPSA) is 130 Å². The summed E-state index contributed by atoms with van der Waals surface area (Å²) < 4.78 is 10.8. The summed E-state index contributed by atoms with van der Waals surface area (Å²) in [7, 11) is 0. The van der Waals surface area contributed by atoms with Crippen LogP contribution in [0.2, 0.25) is 0 Å². The third-order valence-electron chi connectivity index (χ3n) is 5.16. The number of hydrogen-bond donors (Lipinski definition) is 3. The number of rotatable bonds is 2. The highest BCUT2D eigenvalue weighted by atomic mass is 16.6. The van der Waals surface area contributed by atoms with E-state index in [4.69, 9.17) is 9.47 Å². The molecule has 0 radical (unpaired) electrons. The average molecular weight is 326 g/mol. The highest BCUT2D eigenvalue weighted by molar-refractivity contribution is 6.02. The van der Waals surface area contributed by atoms with Gasteiger partial charge < -0.3 is 24.8 Å². The molecule has 3 rings (SSSR count). The molecule has 3 aliphatic rings. The minimum atomic E-state index is -2.51. The van der Waals surface area contributed by atoms with Gasteiger partial charge in [0.05, 0.1) is 12.0 Å². The van der Waals surface area contributed by atoms with Gasteiger partial charge >= 0.3 is 11.9 Å². The lowest BCUT2D eigenvalue weighted by molar-refractivity contribution is -0.199. The second-order valence-electron chi connectivity index (χ2n) is 6.47. The Morgan fingerprint density at radius 1 is 1.35 bits per heavy atom. The number of aliphatic hydroxyl groups is 2. The third-order valence-corrected chi connectivity index (χ3v) is 5.16. The van der Waals surface area contributed by atoms with Crippen LogP contribution in [0.25, 0.3) is 0 Å². The first-order chi connectivity index (χ1) is 10.6. The van der Waals surface area contributed by atoms with Crippen molar-refractivity contribution in [2.75, 3.05) is 0 Å². The summed E-state index contributed by atoms with van der Waals surface area (Å²) in [6, 6.07) is 0. The molecule has 8 heteroatoms. The normalized spacial score (nSPS) is 46.3. The molecule has 3 aliphatic heterocycles. The lowest BCUT2D eigenvalue weighted by Crippen LogP contribution is -2.64. The van der Waals surface area contributed by atoms with Crippen molar-refractivity contribution in [2.24, 2.45) is 5.92 Å². The number of fused-ring (bicyclic) bond motifs is 1. The molecule has 126 valence electrons. The maximum absolute atomic E-state index is 12.6. The van der Waals surface area contributed by atoms with E-state index < -0.39 is 53.2 Å². The highest BCUT2D eigenvalue weighted by Gasteiger charge is 2.69. The van der Waals surface area contributed by atoms with E-state index in [1.54, 1.807) is 6.92 Å². The molecular weight excluding hydrogens is 308 g/mol. The van der Waals surface area contributed by atoms with E-state index in [0.717, 1.165) is 13.0 Å². The van der Waals surface area contributed by atoms with Gasteiger partial charge in [0.2, 0.25) is 0 Å². The second kappa shape index (κ2) is 4.86. The average Bonchev–Trinajstić information content (AvgIpc) is 2.75. The molecule has 2 bridgehead atoms. The molecule has 0 saturated carbocycles. The van der Waals surface area contributed by atoms with Crippen molar-refractivity contribution in [3.63, 3.8) is 0 Å². The molecule has 8 nitrogen and oxygen atoms in total. The summed E-state index contributed by atoms with van der Waals surface area (Å²) >= 11 is 0. The number of carbonyl (C=O) groups is 3. The summed E-state index contributed by atoms with van der Waals surface area (Å²) in [6.07, 6.45) is -1.87. The van der Waals surface area contributed by atoms with Crippen LogP contribution in [0, 0.1) is 5.92 Å². The number of aliphatic carboxylic acids is 1. The van der Waals surface area contributed by atoms with Crippen molar-refractivity contribution in [2.45, 2.75) is 56.2 Å². The molecule has 2 fully saturated rings. The van der Waals surface area contributed by atoms with Crippen molar-refractivity contribution in [1.82, 2.24) is 0 Å². The van der Waals surface area contributed by atoms with Gasteiger partial charge in [-0.2, -0.15) is 0 Å². The zero-order chi connectivity index (χ0) is 17.2. The van der Waals surface area contributed by atoms with Crippen LogP contribution >= 0.6 is 0 Å². The molecule has 2 saturated heterocycles. The summed E-state index contributed by atoms with van der Waals surface area (Å²) in [5, 5.41) is 30.7. The Bertz CT molecular complexity index is 625. The van der Waals surface area contributed by atoms with E-state index in [1.165, 1.54) is 0 Å². The van der Waals surface area contributed by atoms with Crippen LogP contribution in [-0.2, 0) is 23.9 Å². The number of esters is 1. The van der Waals surface area contributed by atoms with Crippen molar-refractivity contribution in [3.8, 4) is 0 Å². The Balaban J connectivity index is 2.18. The number of carbonyl (C=O) groups excluding carboxylic acids is 2. The van der Waals surface area contributed by atoms with Gasteiger partial charge in [-0.15, -0.1) is 0 Å². The molecule has 6 atom stereocenters. The fourth-order valence-electron chi connectivity index (χ4n) is 3.53. The van der Waals surface area contributed by atoms with Gasteiger partial charge in [0.1, 0.15) is 6.10 Å². The predicted octanol–water partition coefficient (Wildman–Crippen LogP) is -0.829. The lowest BCUT2D eigenvalue weighted by Gasteiger charge is -2.43. The molecule has 0 aromatic rings. The van der Waals surface area contributed by atoms with Crippen LogP contribution < -0.4 is 0 Å². The fourth-order valence-corrected chi connectivity index (χ4v) is 3.53. The van der Waals surface area contributed by atoms with E-state index in [0.29, 0.717) is 12.0 Å². The maximum Gasteiger partial charge on any atom is 0.341 e. The Labute approximate surface area is 131 Å². The van der Waals surface area contributed by atoms with E-state index in [1.807, 2.05) is 0 Å². The van der Waals surface area contributed by atoms with Crippen LogP contribution in [0.1, 0.15) is 26.7 Å². The quantitative estimate of drug-likeness (QED) is 0.561. The highest BCUT2D eigenvalue weighted by Crippen LogP contribution is 2.46. The Kier molecular flexibility index (Phi) is 3.40. The zero-order valence-corrected chi connectivity index (χ0v) is 12.7. The van der Waals surface area contributed by atoms with E-state index in [-0.39, 0.29) is 6.42 Å². The monoisotopic (exact) mass is 326 g/mol. The van der Waals surface area contributed by atoms with Gasteiger partial charge in [-0.3, -0.25) is 9.59 Å². The van der Waals surface area contributed by atoms with Crippen molar-refractivity contribution in [1.29, 1.82) is 0 Å². The molecule has 0 spiro atoms. The van der Waals surface area contributed by atoms with Crippen LogP contribution in [0.15, 0.2) is 11.6 Å². The van der Waals surface area contributed by atoms with E-state index in [2.05, 4.69) is 0 Å². The van der Waals surface area contributed by atoms with E-state index >= 15 is 0 Å². The number of hydrogen-bond acceptors (Lipinski definition) is 7. The first-order valence-electron chi connectivity index (χ1n) is 7.39. The smallest absolute Gasteiger partial charge is 0.341 e. The summed E-state index contributed by atoms with van der Waals surface area (Å²) in [6.45, 7) is 2.77. The summed E-state index contributed by atoms with van der Waals surface area (Å²) in [5.41, 5.74) is -3.99. The van der Waals surface area contributed by atoms with Crippen molar-refractivity contribution < 1.29 is 39.2 Å². The van der Waals surface area contributed by atoms with Gasteiger partial charge in [0.25, 0.3) is 0 Å².